The molecule has 1 aliphatic heterocycles. The van der Waals surface area contributed by atoms with Crippen molar-refractivity contribution >= 4 is 45.1 Å². The quantitative estimate of drug-likeness (QED) is 0.350. The number of nitrogens with zero attached hydrogens (tertiary/aromatic N) is 5. The summed E-state index contributed by atoms with van der Waals surface area (Å²) in [6, 6.07) is 15.0. The van der Waals surface area contributed by atoms with Crippen LogP contribution in [-0.4, -0.2) is 43.2 Å². The van der Waals surface area contributed by atoms with Crippen molar-refractivity contribution in [2.45, 2.75) is 16.6 Å². The molecule has 3 heterocycles. The van der Waals surface area contributed by atoms with E-state index in [2.05, 4.69) is 21.4 Å². The van der Waals surface area contributed by atoms with Crippen LogP contribution in [-0.2, 0) is 12.3 Å². The van der Waals surface area contributed by atoms with Crippen molar-refractivity contribution in [1.29, 1.82) is 0 Å². The number of hydrogen-bond acceptors (Lipinski definition) is 7. The summed E-state index contributed by atoms with van der Waals surface area (Å²) in [6.45, 7) is 0.671. The summed E-state index contributed by atoms with van der Waals surface area (Å²) in [5.41, 5.74) is 2.76. The Balaban J connectivity index is 1.20. The molecule has 0 bridgehead atoms. The van der Waals surface area contributed by atoms with Gasteiger partial charge in [-0.15, -0.1) is 16.4 Å². The second-order valence-electron chi connectivity index (χ2n) is 6.52. The molecule has 0 saturated heterocycles. The predicted octanol–water partition coefficient (Wildman–Crippen LogP) is 3.48. The third-order valence-corrected chi connectivity index (χ3v) is 6.85. The second kappa shape index (κ2) is 7.41. The van der Waals surface area contributed by atoms with Crippen LogP contribution >= 0.6 is 23.1 Å². The van der Waals surface area contributed by atoms with Gasteiger partial charge in [-0.2, -0.15) is 0 Å². The molecule has 0 fully saturated rings. The molecule has 2 amide bonds. The maximum absolute atomic E-state index is 12.4. The normalized spacial score (nSPS) is 13.4. The van der Waals surface area contributed by atoms with E-state index in [9.17, 15) is 9.59 Å². The van der Waals surface area contributed by atoms with E-state index in [1.807, 2.05) is 24.4 Å². The van der Waals surface area contributed by atoms with Crippen molar-refractivity contribution in [2.24, 2.45) is 0 Å². The summed E-state index contributed by atoms with van der Waals surface area (Å²) in [5, 5.41) is 8.31. The molecule has 9 heteroatoms. The Labute approximate surface area is 174 Å². The van der Waals surface area contributed by atoms with Gasteiger partial charge in [-0.05, 0) is 24.3 Å². The number of aromatic nitrogens is 4. The molecule has 1 aliphatic rings. The minimum absolute atomic E-state index is 0.252. The van der Waals surface area contributed by atoms with Crippen LogP contribution in [0, 0.1) is 0 Å². The lowest BCUT2D eigenvalue weighted by Crippen LogP contribution is -2.33. The van der Waals surface area contributed by atoms with Crippen LogP contribution < -0.4 is 0 Å². The Hall–Kier alpha value is -3.04. The first kappa shape index (κ1) is 18.0. The second-order valence-corrected chi connectivity index (χ2v) is 8.77. The molecule has 7 nitrogen and oxygen atoms in total. The van der Waals surface area contributed by atoms with Crippen LogP contribution in [0.25, 0.3) is 10.2 Å². The van der Waals surface area contributed by atoms with E-state index in [1.165, 1.54) is 9.60 Å². The number of benzene rings is 2. The number of para-hydroxylation sites is 1. The number of thioether (sulfide) groups is 1. The average Bonchev–Trinajstić information content (AvgIpc) is 3.43. The summed E-state index contributed by atoms with van der Waals surface area (Å²) in [7, 11) is 0. The van der Waals surface area contributed by atoms with Crippen LogP contribution in [0.3, 0.4) is 0 Å². The zero-order valence-electron chi connectivity index (χ0n) is 15.2. The Morgan fingerprint density at radius 1 is 0.931 bits per heavy atom. The van der Waals surface area contributed by atoms with Crippen molar-refractivity contribution in [2.75, 3.05) is 6.54 Å². The molecule has 0 saturated carbocycles. The molecule has 0 spiro atoms. The Morgan fingerprint density at radius 2 is 1.66 bits per heavy atom. The highest BCUT2D eigenvalue weighted by molar-refractivity contribution is 8.00. The molecule has 29 heavy (non-hydrogen) atoms. The van der Waals surface area contributed by atoms with Gasteiger partial charge >= 0.3 is 0 Å². The Bertz CT molecular complexity index is 1160. The monoisotopic (exact) mass is 421 g/mol. The van der Waals surface area contributed by atoms with E-state index in [4.69, 9.17) is 0 Å². The predicted molar refractivity (Wildman–Crippen MR) is 111 cm³/mol. The molecule has 2 aromatic carbocycles. The van der Waals surface area contributed by atoms with Crippen molar-refractivity contribution in [3.8, 4) is 0 Å². The smallest absolute Gasteiger partial charge is 0.261 e. The molecule has 0 aliphatic carbocycles. The van der Waals surface area contributed by atoms with E-state index in [0.29, 0.717) is 23.4 Å². The van der Waals surface area contributed by atoms with Gasteiger partial charge in [0, 0.05) is 18.5 Å². The third kappa shape index (κ3) is 3.43. The van der Waals surface area contributed by atoms with E-state index in [-0.39, 0.29) is 18.4 Å². The average molecular weight is 422 g/mol. The largest absolute Gasteiger partial charge is 0.272 e. The van der Waals surface area contributed by atoms with Crippen LogP contribution in [0.1, 0.15) is 26.4 Å². The fourth-order valence-electron chi connectivity index (χ4n) is 3.21. The van der Waals surface area contributed by atoms with Gasteiger partial charge in [0.15, 0.2) is 4.34 Å². The fourth-order valence-corrected chi connectivity index (χ4v) is 5.15. The van der Waals surface area contributed by atoms with E-state index < -0.39 is 0 Å². The number of fused-ring (bicyclic) bond motifs is 2. The number of imide groups is 1. The lowest BCUT2D eigenvalue weighted by atomic mass is 10.1. The third-order valence-electron chi connectivity index (χ3n) is 4.63. The minimum Gasteiger partial charge on any atom is -0.272 e. The molecular weight excluding hydrogens is 406 g/mol. The summed E-state index contributed by atoms with van der Waals surface area (Å²) < 4.78 is 3.82. The Morgan fingerprint density at radius 3 is 2.41 bits per heavy atom. The molecule has 2 aromatic heterocycles. The SMILES string of the molecule is O=C1c2ccccc2C(=O)N1CCn1cc(CSc2nc3ccccc3s2)nn1. The first-order valence-electron chi connectivity index (χ1n) is 9.01. The first-order valence-corrected chi connectivity index (χ1v) is 10.8. The number of amides is 2. The molecular formula is C20H15N5O2S2. The van der Waals surface area contributed by atoms with Crippen molar-refractivity contribution in [3.05, 3.63) is 71.5 Å². The molecule has 5 rings (SSSR count). The topological polar surface area (TPSA) is 81.0 Å². The number of rotatable bonds is 6. The van der Waals surface area contributed by atoms with Gasteiger partial charge in [-0.25, -0.2) is 4.98 Å². The maximum atomic E-state index is 12.4. The van der Waals surface area contributed by atoms with Crippen LogP contribution in [0.15, 0.2) is 59.1 Å². The summed E-state index contributed by atoms with van der Waals surface area (Å²) in [6.07, 6.45) is 1.85. The maximum Gasteiger partial charge on any atom is 0.261 e. The molecule has 0 radical (unpaired) electrons. The van der Waals surface area contributed by atoms with E-state index >= 15 is 0 Å². The Kier molecular flexibility index (Phi) is 4.61. The highest BCUT2D eigenvalue weighted by Crippen LogP contribution is 2.31. The van der Waals surface area contributed by atoms with Gasteiger partial charge in [-0.3, -0.25) is 19.2 Å². The lowest BCUT2D eigenvalue weighted by Gasteiger charge is -2.13. The highest BCUT2D eigenvalue weighted by Gasteiger charge is 2.34. The summed E-state index contributed by atoms with van der Waals surface area (Å²) in [5.74, 6) is 0.155. The number of carbonyl (C=O) groups is 2. The van der Waals surface area contributed by atoms with Crippen molar-refractivity contribution in [1.82, 2.24) is 24.9 Å². The zero-order valence-corrected chi connectivity index (χ0v) is 16.8. The standard InChI is InChI=1S/C20H15N5O2S2/c26-18-14-5-1-2-6-15(14)19(27)25(18)10-9-24-11-13(22-23-24)12-28-20-21-16-7-3-4-8-17(16)29-20/h1-8,11H,9-10,12H2. The van der Waals surface area contributed by atoms with Crippen LogP contribution in [0.2, 0.25) is 0 Å². The lowest BCUT2D eigenvalue weighted by molar-refractivity contribution is 0.0647. The molecule has 4 aromatic rings. The molecule has 0 atom stereocenters. The number of carbonyl (C=O) groups excluding carboxylic acids is 2. The molecule has 0 unspecified atom stereocenters. The minimum atomic E-state index is -0.252. The zero-order chi connectivity index (χ0) is 19.8. The van der Waals surface area contributed by atoms with Gasteiger partial charge in [0.2, 0.25) is 0 Å². The van der Waals surface area contributed by atoms with Crippen molar-refractivity contribution < 1.29 is 9.59 Å². The van der Waals surface area contributed by atoms with E-state index in [1.54, 1.807) is 52.0 Å². The van der Waals surface area contributed by atoms with Crippen LogP contribution in [0.4, 0.5) is 0 Å². The number of thiazole rings is 1. The fraction of sp³-hybridized carbons (Fsp3) is 0.150. The van der Waals surface area contributed by atoms with E-state index in [0.717, 1.165) is 15.6 Å². The van der Waals surface area contributed by atoms with Gasteiger partial charge < -0.3 is 0 Å². The molecule has 0 N–H and O–H groups in total. The summed E-state index contributed by atoms with van der Waals surface area (Å²) >= 11 is 3.28. The van der Waals surface area contributed by atoms with Gasteiger partial charge in [0.25, 0.3) is 11.8 Å². The first-order chi connectivity index (χ1) is 14.2. The number of hydrogen-bond donors (Lipinski definition) is 0. The van der Waals surface area contributed by atoms with Gasteiger partial charge in [-0.1, -0.05) is 41.2 Å². The van der Waals surface area contributed by atoms with Crippen LogP contribution in [0.5, 0.6) is 0 Å². The summed E-state index contributed by atoms with van der Waals surface area (Å²) in [4.78, 5) is 30.7. The molecule has 144 valence electrons. The van der Waals surface area contributed by atoms with Gasteiger partial charge in [0.1, 0.15) is 0 Å². The highest BCUT2D eigenvalue weighted by atomic mass is 32.2. The van der Waals surface area contributed by atoms with Crippen molar-refractivity contribution in [3.63, 3.8) is 0 Å². The van der Waals surface area contributed by atoms with Gasteiger partial charge in [0.05, 0.1) is 33.6 Å².